The van der Waals surface area contributed by atoms with Crippen LogP contribution in [0, 0.1) is 0 Å². The summed E-state index contributed by atoms with van der Waals surface area (Å²) < 4.78 is 1.68. The number of phenols is 2. The number of carboxylic acid groups (broad SMARTS) is 1. The second-order valence-corrected chi connectivity index (χ2v) is 5.51. The molecule has 0 bridgehead atoms. The molecule has 0 radical (unpaired) electrons. The average Bonchev–Trinajstić information content (AvgIpc) is 3.03. The van der Waals surface area contributed by atoms with Crippen LogP contribution in [-0.4, -0.2) is 35.7 Å². The standard InChI is InChI=1S/C17H12N4O4/c18-15-16-19-7-12(8-2-4-13(22)14(23)6-8)21(16)11-5-9(17(24)25)1-3-10(11)20-15/h1-7,22-23H,(H2,18,20)(H,24,25). The number of rotatable bonds is 2. The fourth-order valence-corrected chi connectivity index (χ4v) is 2.77. The van der Waals surface area contributed by atoms with Gasteiger partial charge in [-0.2, -0.15) is 0 Å². The molecule has 0 unspecified atom stereocenters. The minimum absolute atomic E-state index is 0.105. The van der Waals surface area contributed by atoms with E-state index in [1.165, 1.54) is 24.3 Å². The van der Waals surface area contributed by atoms with E-state index in [1.807, 2.05) is 0 Å². The number of anilines is 1. The number of imidazole rings is 1. The van der Waals surface area contributed by atoms with Crippen LogP contribution in [0.15, 0.2) is 42.6 Å². The Hall–Kier alpha value is -3.81. The van der Waals surface area contributed by atoms with Crippen molar-refractivity contribution in [1.29, 1.82) is 0 Å². The smallest absolute Gasteiger partial charge is 0.335 e. The third-order valence-corrected chi connectivity index (χ3v) is 3.97. The molecule has 2 aromatic carbocycles. The van der Waals surface area contributed by atoms with Gasteiger partial charge in [0.1, 0.15) is 0 Å². The van der Waals surface area contributed by atoms with Crippen molar-refractivity contribution in [3.63, 3.8) is 0 Å². The molecule has 5 N–H and O–H groups in total. The maximum atomic E-state index is 11.3. The van der Waals surface area contributed by atoms with Crippen LogP contribution in [-0.2, 0) is 0 Å². The molecule has 0 aliphatic rings. The summed E-state index contributed by atoms with van der Waals surface area (Å²) >= 11 is 0. The SMILES string of the molecule is Nc1nc2ccc(C(=O)O)cc2n2c(-c3ccc(O)c(O)c3)cnc12. The highest BCUT2D eigenvalue weighted by molar-refractivity contribution is 5.94. The van der Waals surface area contributed by atoms with E-state index in [4.69, 9.17) is 5.73 Å². The zero-order valence-electron chi connectivity index (χ0n) is 12.7. The van der Waals surface area contributed by atoms with Gasteiger partial charge in [0.05, 0.1) is 28.5 Å². The van der Waals surface area contributed by atoms with Gasteiger partial charge >= 0.3 is 5.97 Å². The number of aromatic hydroxyl groups is 2. The monoisotopic (exact) mass is 336 g/mol. The van der Waals surface area contributed by atoms with Gasteiger partial charge in [0.25, 0.3) is 0 Å². The Labute approximate surface area is 140 Å². The lowest BCUT2D eigenvalue weighted by Gasteiger charge is -2.09. The first-order chi connectivity index (χ1) is 12.0. The Bertz CT molecular complexity index is 1170. The minimum Gasteiger partial charge on any atom is -0.504 e. The fraction of sp³-hybridized carbons (Fsp3) is 0. The van der Waals surface area contributed by atoms with Crippen LogP contribution < -0.4 is 5.73 Å². The predicted molar refractivity (Wildman–Crippen MR) is 90.6 cm³/mol. The highest BCUT2D eigenvalue weighted by Gasteiger charge is 2.15. The second-order valence-electron chi connectivity index (χ2n) is 5.51. The van der Waals surface area contributed by atoms with Gasteiger partial charge in [0.2, 0.25) is 0 Å². The highest BCUT2D eigenvalue weighted by Crippen LogP contribution is 2.33. The molecule has 4 aromatic rings. The number of carbonyl (C=O) groups is 1. The quantitative estimate of drug-likeness (QED) is 0.412. The number of fused-ring (bicyclic) bond motifs is 3. The van der Waals surface area contributed by atoms with Crippen molar-refractivity contribution in [3.8, 4) is 22.8 Å². The maximum absolute atomic E-state index is 11.3. The lowest BCUT2D eigenvalue weighted by molar-refractivity contribution is 0.0697. The molecule has 8 heteroatoms. The minimum atomic E-state index is -1.06. The maximum Gasteiger partial charge on any atom is 0.335 e. The zero-order chi connectivity index (χ0) is 17.7. The average molecular weight is 336 g/mol. The Balaban J connectivity index is 2.11. The number of aromatic carboxylic acids is 1. The molecular formula is C17H12N4O4. The number of nitrogens with zero attached hydrogens (tertiary/aromatic N) is 3. The Morgan fingerprint density at radius 3 is 2.60 bits per heavy atom. The van der Waals surface area contributed by atoms with Crippen LogP contribution in [0.1, 0.15) is 10.4 Å². The summed E-state index contributed by atoms with van der Waals surface area (Å²) in [5.74, 6) is -1.37. The molecule has 2 aromatic heterocycles. The fourth-order valence-electron chi connectivity index (χ4n) is 2.77. The van der Waals surface area contributed by atoms with Crippen LogP contribution in [0.4, 0.5) is 5.82 Å². The Morgan fingerprint density at radius 1 is 1.08 bits per heavy atom. The number of hydrogen-bond donors (Lipinski definition) is 4. The van der Waals surface area contributed by atoms with Crippen LogP contribution in [0.5, 0.6) is 11.5 Å². The van der Waals surface area contributed by atoms with E-state index in [0.717, 1.165) is 0 Å². The third kappa shape index (κ3) is 2.19. The van der Waals surface area contributed by atoms with Crippen molar-refractivity contribution in [3.05, 3.63) is 48.2 Å². The molecule has 124 valence electrons. The van der Waals surface area contributed by atoms with Crippen molar-refractivity contribution in [1.82, 2.24) is 14.4 Å². The van der Waals surface area contributed by atoms with Crippen molar-refractivity contribution < 1.29 is 20.1 Å². The molecule has 0 atom stereocenters. The number of carboxylic acids is 1. The van der Waals surface area contributed by atoms with E-state index < -0.39 is 5.97 Å². The first-order valence-corrected chi connectivity index (χ1v) is 7.28. The van der Waals surface area contributed by atoms with Gasteiger partial charge in [-0.1, -0.05) is 0 Å². The van der Waals surface area contributed by atoms with Crippen molar-refractivity contribution in [2.45, 2.75) is 0 Å². The largest absolute Gasteiger partial charge is 0.504 e. The van der Waals surface area contributed by atoms with E-state index in [2.05, 4.69) is 9.97 Å². The lowest BCUT2D eigenvalue weighted by Crippen LogP contribution is -2.02. The van der Waals surface area contributed by atoms with E-state index in [0.29, 0.717) is 27.9 Å². The van der Waals surface area contributed by atoms with E-state index >= 15 is 0 Å². The molecule has 2 heterocycles. The van der Waals surface area contributed by atoms with E-state index in [-0.39, 0.29) is 22.9 Å². The van der Waals surface area contributed by atoms with E-state index in [9.17, 15) is 20.1 Å². The molecule has 0 aliphatic carbocycles. The van der Waals surface area contributed by atoms with Gasteiger partial charge in [0, 0.05) is 5.56 Å². The van der Waals surface area contributed by atoms with Gasteiger partial charge in [0.15, 0.2) is 23.0 Å². The number of hydrogen-bond acceptors (Lipinski definition) is 6. The summed E-state index contributed by atoms with van der Waals surface area (Å²) in [6.45, 7) is 0. The first-order valence-electron chi connectivity index (χ1n) is 7.28. The predicted octanol–water partition coefficient (Wildman–Crippen LogP) is 2.24. The van der Waals surface area contributed by atoms with Crippen molar-refractivity contribution >= 4 is 28.5 Å². The van der Waals surface area contributed by atoms with Crippen LogP contribution in [0.2, 0.25) is 0 Å². The summed E-state index contributed by atoms with van der Waals surface area (Å²) in [5, 5.41) is 28.5. The topological polar surface area (TPSA) is 134 Å². The molecular weight excluding hydrogens is 324 g/mol. The van der Waals surface area contributed by atoms with Gasteiger partial charge in [-0.25, -0.2) is 14.8 Å². The van der Waals surface area contributed by atoms with Crippen LogP contribution in [0.3, 0.4) is 0 Å². The molecule has 0 amide bonds. The van der Waals surface area contributed by atoms with E-state index in [1.54, 1.807) is 22.7 Å². The summed E-state index contributed by atoms with van der Waals surface area (Å²) in [5.41, 5.74) is 8.63. The summed E-state index contributed by atoms with van der Waals surface area (Å²) in [4.78, 5) is 19.8. The molecule has 0 saturated heterocycles. The Kier molecular flexibility index (Phi) is 3.01. The van der Waals surface area contributed by atoms with Gasteiger partial charge in [-0.05, 0) is 36.4 Å². The molecule has 0 saturated carbocycles. The number of nitrogens with two attached hydrogens (primary N) is 1. The van der Waals surface area contributed by atoms with Crippen LogP contribution in [0.25, 0.3) is 27.9 Å². The summed E-state index contributed by atoms with van der Waals surface area (Å²) in [6, 6.07) is 8.88. The van der Waals surface area contributed by atoms with Gasteiger partial charge < -0.3 is 21.1 Å². The highest BCUT2D eigenvalue weighted by atomic mass is 16.4. The molecule has 0 fully saturated rings. The number of aromatic nitrogens is 3. The van der Waals surface area contributed by atoms with Crippen molar-refractivity contribution in [2.24, 2.45) is 0 Å². The van der Waals surface area contributed by atoms with Crippen LogP contribution >= 0.6 is 0 Å². The lowest BCUT2D eigenvalue weighted by atomic mass is 10.1. The number of benzene rings is 2. The molecule has 0 aliphatic heterocycles. The Morgan fingerprint density at radius 2 is 1.88 bits per heavy atom. The number of phenolic OH excluding ortho intramolecular Hbond substituents is 2. The van der Waals surface area contributed by atoms with Gasteiger partial charge in [-0.15, -0.1) is 0 Å². The molecule has 25 heavy (non-hydrogen) atoms. The summed E-state index contributed by atoms with van der Waals surface area (Å²) in [6.07, 6.45) is 1.55. The first kappa shape index (κ1) is 14.8. The molecule has 8 nitrogen and oxygen atoms in total. The van der Waals surface area contributed by atoms with Crippen molar-refractivity contribution in [2.75, 3.05) is 5.73 Å². The zero-order valence-corrected chi connectivity index (χ0v) is 12.7. The van der Waals surface area contributed by atoms with Gasteiger partial charge in [-0.3, -0.25) is 4.40 Å². The summed E-state index contributed by atoms with van der Waals surface area (Å²) in [7, 11) is 0. The number of nitrogen functional groups attached to an aromatic ring is 1. The molecule has 0 spiro atoms. The third-order valence-electron chi connectivity index (χ3n) is 3.97. The second kappa shape index (κ2) is 5.10. The normalized spacial score (nSPS) is 11.2. The molecule has 4 rings (SSSR count).